The van der Waals surface area contributed by atoms with Crippen molar-refractivity contribution < 1.29 is 0 Å². The van der Waals surface area contributed by atoms with Crippen LogP contribution >= 0.6 is 34.5 Å². The minimum absolute atomic E-state index is 0.160. The van der Waals surface area contributed by atoms with Gasteiger partial charge in [0.2, 0.25) is 0 Å². The minimum Gasteiger partial charge on any atom is -0.303 e. The highest BCUT2D eigenvalue weighted by molar-refractivity contribution is 7.10. The van der Waals surface area contributed by atoms with E-state index in [0.717, 1.165) is 5.56 Å². The molecule has 2 atom stereocenters. The van der Waals surface area contributed by atoms with E-state index in [4.69, 9.17) is 23.2 Å². The van der Waals surface area contributed by atoms with Crippen LogP contribution in [-0.2, 0) is 0 Å². The lowest BCUT2D eigenvalue weighted by molar-refractivity contribution is 0.500. The maximum absolute atomic E-state index is 6.23. The molecule has 0 amide bonds. The van der Waals surface area contributed by atoms with E-state index < -0.39 is 0 Å². The smallest absolute Gasteiger partial charge is 0.0639 e. The third kappa shape index (κ3) is 3.07. The fourth-order valence-electron chi connectivity index (χ4n) is 1.94. The van der Waals surface area contributed by atoms with Crippen LogP contribution in [0.5, 0.6) is 0 Å². The highest BCUT2D eigenvalue weighted by Crippen LogP contribution is 2.31. The molecule has 0 saturated heterocycles. The molecule has 0 spiro atoms. The standard InChI is InChI=1S/C14H15Cl2NS/c1-9(11-5-3-6-12(15)14(11)16)17-10(2)13-7-4-8-18-13/h3-10,17H,1-2H3. The first kappa shape index (κ1) is 13.9. The number of rotatable bonds is 4. The molecule has 0 saturated carbocycles. The number of hydrogen-bond donors (Lipinski definition) is 1. The van der Waals surface area contributed by atoms with Gasteiger partial charge in [-0.05, 0) is 36.9 Å². The average molecular weight is 300 g/mol. The summed E-state index contributed by atoms with van der Waals surface area (Å²) in [7, 11) is 0. The average Bonchev–Trinajstić information content (AvgIpc) is 2.86. The molecule has 4 heteroatoms. The number of thiophene rings is 1. The molecule has 0 radical (unpaired) electrons. The second-order valence-electron chi connectivity index (χ2n) is 4.27. The maximum atomic E-state index is 6.23. The van der Waals surface area contributed by atoms with Crippen LogP contribution < -0.4 is 5.32 Å². The number of benzene rings is 1. The summed E-state index contributed by atoms with van der Waals surface area (Å²) in [4.78, 5) is 1.32. The lowest BCUT2D eigenvalue weighted by atomic mass is 10.1. The van der Waals surface area contributed by atoms with Gasteiger partial charge in [0.25, 0.3) is 0 Å². The molecule has 1 N–H and O–H groups in total. The Labute approximate surface area is 122 Å². The first-order valence-corrected chi connectivity index (χ1v) is 7.46. The van der Waals surface area contributed by atoms with Crippen LogP contribution in [0.25, 0.3) is 0 Å². The molecular formula is C14H15Cl2NS. The van der Waals surface area contributed by atoms with E-state index in [1.165, 1.54) is 4.88 Å². The number of nitrogens with one attached hydrogen (secondary N) is 1. The molecule has 0 bridgehead atoms. The molecule has 96 valence electrons. The SMILES string of the molecule is CC(NC(C)c1cccc(Cl)c1Cl)c1cccs1. The van der Waals surface area contributed by atoms with Crippen molar-refractivity contribution in [1.29, 1.82) is 0 Å². The van der Waals surface area contributed by atoms with E-state index >= 15 is 0 Å². The van der Waals surface area contributed by atoms with Crippen molar-refractivity contribution >= 4 is 34.5 Å². The summed E-state index contributed by atoms with van der Waals surface area (Å²) >= 11 is 14.0. The van der Waals surface area contributed by atoms with Crippen molar-refractivity contribution in [1.82, 2.24) is 5.32 Å². The van der Waals surface area contributed by atoms with Gasteiger partial charge in [0.15, 0.2) is 0 Å². The Kier molecular flexibility index (Phi) is 4.68. The highest BCUT2D eigenvalue weighted by Gasteiger charge is 2.15. The third-order valence-corrected chi connectivity index (χ3v) is 4.81. The van der Waals surface area contributed by atoms with Crippen LogP contribution in [-0.4, -0.2) is 0 Å². The lowest BCUT2D eigenvalue weighted by Crippen LogP contribution is -2.22. The van der Waals surface area contributed by atoms with Gasteiger partial charge in [-0.3, -0.25) is 0 Å². The van der Waals surface area contributed by atoms with Crippen LogP contribution in [0.1, 0.15) is 36.4 Å². The Morgan fingerprint density at radius 3 is 2.50 bits per heavy atom. The van der Waals surface area contributed by atoms with Gasteiger partial charge in [0.1, 0.15) is 0 Å². The molecule has 1 heterocycles. The molecule has 2 aromatic rings. The number of hydrogen-bond acceptors (Lipinski definition) is 2. The molecular weight excluding hydrogens is 285 g/mol. The van der Waals surface area contributed by atoms with E-state index in [0.29, 0.717) is 16.1 Å². The summed E-state index contributed by atoms with van der Waals surface area (Å²) in [6, 6.07) is 10.4. The van der Waals surface area contributed by atoms with Crippen molar-refractivity contribution in [2.45, 2.75) is 25.9 Å². The predicted octanol–water partition coefficient (Wildman–Crippen LogP) is 5.47. The van der Waals surface area contributed by atoms with Crippen LogP contribution in [0, 0.1) is 0 Å². The zero-order valence-corrected chi connectivity index (χ0v) is 12.6. The largest absolute Gasteiger partial charge is 0.303 e. The zero-order valence-electron chi connectivity index (χ0n) is 10.3. The van der Waals surface area contributed by atoms with Crippen LogP contribution in [0.15, 0.2) is 35.7 Å². The molecule has 1 aromatic heterocycles. The van der Waals surface area contributed by atoms with Gasteiger partial charge in [-0.15, -0.1) is 11.3 Å². The summed E-state index contributed by atoms with van der Waals surface area (Å²) in [6.45, 7) is 4.25. The molecule has 0 aliphatic rings. The van der Waals surface area contributed by atoms with Gasteiger partial charge in [0, 0.05) is 17.0 Å². The topological polar surface area (TPSA) is 12.0 Å². The predicted molar refractivity (Wildman–Crippen MR) is 80.7 cm³/mol. The van der Waals surface area contributed by atoms with Gasteiger partial charge in [-0.1, -0.05) is 41.4 Å². The Morgan fingerprint density at radius 2 is 1.83 bits per heavy atom. The van der Waals surface area contributed by atoms with E-state index in [1.54, 1.807) is 11.3 Å². The summed E-state index contributed by atoms with van der Waals surface area (Å²) in [6.07, 6.45) is 0. The zero-order chi connectivity index (χ0) is 13.1. The fraction of sp³-hybridized carbons (Fsp3) is 0.286. The van der Waals surface area contributed by atoms with Gasteiger partial charge in [-0.25, -0.2) is 0 Å². The van der Waals surface area contributed by atoms with Gasteiger partial charge in [-0.2, -0.15) is 0 Å². The van der Waals surface area contributed by atoms with Crippen LogP contribution in [0.3, 0.4) is 0 Å². The molecule has 2 rings (SSSR count). The summed E-state index contributed by atoms with van der Waals surface area (Å²) in [5.74, 6) is 0. The molecule has 18 heavy (non-hydrogen) atoms. The van der Waals surface area contributed by atoms with E-state index in [-0.39, 0.29) is 6.04 Å². The Morgan fingerprint density at radius 1 is 1.06 bits per heavy atom. The normalized spacial score (nSPS) is 14.4. The summed E-state index contributed by atoms with van der Waals surface area (Å²) in [5, 5.41) is 6.86. The quantitative estimate of drug-likeness (QED) is 0.789. The van der Waals surface area contributed by atoms with E-state index in [9.17, 15) is 0 Å². The molecule has 0 aliphatic heterocycles. The van der Waals surface area contributed by atoms with Gasteiger partial charge < -0.3 is 5.32 Å². The molecule has 1 nitrogen and oxygen atoms in total. The number of halogens is 2. The van der Waals surface area contributed by atoms with Crippen molar-refractivity contribution in [2.24, 2.45) is 0 Å². The highest BCUT2D eigenvalue weighted by atomic mass is 35.5. The summed E-state index contributed by atoms with van der Waals surface area (Å²) in [5.41, 5.74) is 1.03. The monoisotopic (exact) mass is 299 g/mol. The van der Waals surface area contributed by atoms with Gasteiger partial charge in [0.05, 0.1) is 10.0 Å². The molecule has 2 unspecified atom stereocenters. The lowest BCUT2D eigenvalue weighted by Gasteiger charge is -2.20. The molecule has 1 aromatic carbocycles. The van der Waals surface area contributed by atoms with E-state index in [1.807, 2.05) is 18.2 Å². The second-order valence-corrected chi connectivity index (χ2v) is 6.03. The van der Waals surface area contributed by atoms with Crippen LogP contribution in [0.2, 0.25) is 10.0 Å². The fourth-order valence-corrected chi connectivity index (χ4v) is 3.15. The van der Waals surface area contributed by atoms with Crippen molar-refractivity contribution in [3.63, 3.8) is 0 Å². The van der Waals surface area contributed by atoms with Crippen molar-refractivity contribution in [3.05, 3.63) is 56.2 Å². The third-order valence-electron chi connectivity index (χ3n) is 2.92. The Balaban J connectivity index is 2.12. The van der Waals surface area contributed by atoms with Crippen molar-refractivity contribution in [3.8, 4) is 0 Å². The van der Waals surface area contributed by atoms with E-state index in [2.05, 4.69) is 36.7 Å². The van der Waals surface area contributed by atoms with Gasteiger partial charge >= 0.3 is 0 Å². The molecule has 0 aliphatic carbocycles. The first-order valence-electron chi connectivity index (χ1n) is 5.83. The first-order chi connectivity index (χ1) is 8.59. The Hall–Kier alpha value is -0.540. The Bertz CT molecular complexity index is 511. The maximum Gasteiger partial charge on any atom is 0.0639 e. The molecule has 0 fully saturated rings. The summed E-state index contributed by atoms with van der Waals surface area (Å²) < 4.78 is 0. The van der Waals surface area contributed by atoms with Crippen molar-refractivity contribution in [2.75, 3.05) is 0 Å². The minimum atomic E-state index is 0.160. The second kappa shape index (κ2) is 6.07. The van der Waals surface area contributed by atoms with Crippen LogP contribution in [0.4, 0.5) is 0 Å².